The van der Waals surface area contributed by atoms with Crippen molar-refractivity contribution in [2.75, 3.05) is 0 Å². The van der Waals surface area contributed by atoms with Gasteiger partial charge in [-0.05, 0) is 112 Å². The summed E-state index contributed by atoms with van der Waals surface area (Å²) in [5.74, 6) is 3.82. The predicted octanol–water partition coefficient (Wildman–Crippen LogP) is 6.11. The minimum absolute atomic E-state index is 0.268. The molecular formula is C29H50O3. The first-order valence-corrected chi connectivity index (χ1v) is 13.7. The molecule has 0 saturated heterocycles. The Morgan fingerprint density at radius 2 is 1.75 bits per heavy atom. The van der Waals surface area contributed by atoms with Crippen molar-refractivity contribution in [3.8, 4) is 0 Å². The molecule has 32 heavy (non-hydrogen) atoms. The smallest absolute Gasteiger partial charge is 0.0985 e. The van der Waals surface area contributed by atoms with Crippen LogP contribution < -0.4 is 0 Å². The van der Waals surface area contributed by atoms with E-state index in [1.807, 2.05) is 0 Å². The molecular weight excluding hydrogens is 396 g/mol. The third-order valence-corrected chi connectivity index (χ3v) is 11.8. The van der Waals surface area contributed by atoms with Gasteiger partial charge in [-0.25, -0.2) is 0 Å². The maximum absolute atomic E-state index is 11.6. The fraction of sp³-hybridized carbons (Fsp3) is 0.931. The monoisotopic (exact) mass is 446 g/mol. The Bertz CT molecular complexity index is 705. The molecule has 0 amide bonds. The molecule has 0 spiro atoms. The molecule has 0 bridgehead atoms. The predicted molar refractivity (Wildman–Crippen MR) is 131 cm³/mol. The number of aliphatic hydroxyl groups is 3. The molecule has 3 N–H and O–H groups in total. The summed E-state index contributed by atoms with van der Waals surface area (Å²) in [5.41, 5.74) is 0.314. The van der Waals surface area contributed by atoms with Crippen LogP contribution in [0.25, 0.3) is 0 Å². The van der Waals surface area contributed by atoms with Gasteiger partial charge in [0, 0.05) is 11.8 Å². The van der Waals surface area contributed by atoms with Gasteiger partial charge in [0.05, 0.1) is 17.8 Å². The van der Waals surface area contributed by atoms with E-state index in [9.17, 15) is 15.3 Å². The van der Waals surface area contributed by atoms with Crippen molar-refractivity contribution in [2.24, 2.45) is 46.3 Å². The average Bonchev–Trinajstić information content (AvgIpc) is 3.08. The molecule has 0 aromatic carbocycles. The molecule has 0 aromatic heterocycles. The van der Waals surface area contributed by atoms with Gasteiger partial charge in [0.15, 0.2) is 0 Å². The highest BCUT2D eigenvalue weighted by molar-refractivity contribution is 5.17. The third kappa shape index (κ3) is 3.64. The number of hydrogen-bond donors (Lipinski definition) is 3. The van der Waals surface area contributed by atoms with E-state index in [4.69, 9.17) is 0 Å². The Kier molecular flexibility index (Phi) is 6.71. The van der Waals surface area contributed by atoms with Crippen molar-refractivity contribution in [1.29, 1.82) is 0 Å². The van der Waals surface area contributed by atoms with E-state index in [1.54, 1.807) is 0 Å². The van der Waals surface area contributed by atoms with E-state index in [-0.39, 0.29) is 5.41 Å². The highest BCUT2D eigenvalue weighted by Gasteiger charge is 2.67. The van der Waals surface area contributed by atoms with Crippen LogP contribution in [0.15, 0.2) is 12.2 Å². The lowest BCUT2D eigenvalue weighted by Gasteiger charge is -2.65. The Balaban J connectivity index is 1.52. The number of aliphatic hydroxyl groups excluding tert-OH is 2. The fourth-order valence-electron chi connectivity index (χ4n) is 9.70. The first-order valence-electron chi connectivity index (χ1n) is 13.7. The van der Waals surface area contributed by atoms with Crippen molar-refractivity contribution >= 4 is 0 Å². The van der Waals surface area contributed by atoms with Gasteiger partial charge in [0.1, 0.15) is 0 Å². The molecule has 4 rings (SSSR count). The fourth-order valence-corrected chi connectivity index (χ4v) is 9.70. The number of rotatable bonds is 6. The third-order valence-electron chi connectivity index (χ3n) is 11.8. The second-order valence-corrected chi connectivity index (χ2v) is 13.1. The van der Waals surface area contributed by atoms with E-state index in [2.05, 4.69) is 41.2 Å². The van der Waals surface area contributed by atoms with Crippen LogP contribution in [0.5, 0.6) is 0 Å². The van der Waals surface area contributed by atoms with Crippen LogP contribution in [-0.4, -0.2) is 33.1 Å². The molecule has 4 aliphatic carbocycles. The first-order chi connectivity index (χ1) is 15.0. The summed E-state index contributed by atoms with van der Waals surface area (Å²) in [6.07, 6.45) is 10.3. The molecule has 3 heteroatoms. The minimum Gasteiger partial charge on any atom is -0.393 e. The van der Waals surface area contributed by atoms with E-state index >= 15 is 0 Å². The Hall–Kier alpha value is -0.380. The summed E-state index contributed by atoms with van der Waals surface area (Å²) in [5, 5.41) is 33.2. The largest absolute Gasteiger partial charge is 0.393 e. The Morgan fingerprint density at radius 3 is 2.41 bits per heavy atom. The summed E-state index contributed by atoms with van der Waals surface area (Å²) in [4.78, 5) is 0. The van der Waals surface area contributed by atoms with Crippen LogP contribution in [0.4, 0.5) is 0 Å². The molecule has 4 fully saturated rings. The summed E-state index contributed by atoms with van der Waals surface area (Å²) >= 11 is 0. The molecule has 4 saturated carbocycles. The van der Waals surface area contributed by atoms with Gasteiger partial charge in [-0.15, -0.1) is 0 Å². The second-order valence-electron chi connectivity index (χ2n) is 13.1. The molecule has 4 aliphatic rings. The van der Waals surface area contributed by atoms with Gasteiger partial charge in [0.2, 0.25) is 0 Å². The molecule has 3 nitrogen and oxygen atoms in total. The molecule has 0 heterocycles. The second kappa shape index (κ2) is 8.68. The Morgan fingerprint density at radius 1 is 1.03 bits per heavy atom. The molecule has 0 aliphatic heterocycles. The standard InChI is InChI=1S/C29H50O3/c1-7-20(18(2)3)9-8-19(4)23-10-11-24-22-16-26(31)29(32)17-21(30)12-15-28(29,6)25(22)13-14-27(23,24)5/h19-26,30-32H,2,7-17H2,1,3-6H3/t19-,20+,21+,22?,23-,24?,25?,26-,27-,28-,29+/m1/s1. The quantitative estimate of drug-likeness (QED) is 0.431. The van der Waals surface area contributed by atoms with E-state index < -0.39 is 17.8 Å². The van der Waals surface area contributed by atoms with E-state index in [0.717, 1.165) is 31.1 Å². The summed E-state index contributed by atoms with van der Waals surface area (Å²) in [6, 6.07) is 0. The highest BCUT2D eigenvalue weighted by Crippen LogP contribution is 2.69. The number of allylic oxidation sites excluding steroid dienone is 1. The van der Waals surface area contributed by atoms with Crippen LogP contribution in [0.2, 0.25) is 0 Å². The molecule has 11 atom stereocenters. The number of hydrogen-bond acceptors (Lipinski definition) is 3. The lowest BCUT2D eigenvalue weighted by Crippen LogP contribution is -2.68. The molecule has 0 aromatic rings. The van der Waals surface area contributed by atoms with Crippen LogP contribution in [0.1, 0.15) is 105 Å². The zero-order chi connectivity index (χ0) is 23.5. The van der Waals surface area contributed by atoms with Crippen LogP contribution in [-0.2, 0) is 0 Å². The zero-order valence-electron chi connectivity index (χ0n) is 21.4. The van der Waals surface area contributed by atoms with Gasteiger partial charge in [-0.3, -0.25) is 0 Å². The van der Waals surface area contributed by atoms with Crippen LogP contribution >= 0.6 is 0 Å². The normalized spacial score (nSPS) is 50.1. The lowest BCUT2D eigenvalue weighted by atomic mass is 9.42. The van der Waals surface area contributed by atoms with Gasteiger partial charge in [-0.2, -0.15) is 0 Å². The SMILES string of the molecule is C=C(C)[C@@H](CC)CC[C@@H](C)[C@H]1CCC2C3C[C@@H](O)[C@@]4(O)C[C@@H](O)CC[C@]4(C)C3CC[C@@]21C. The van der Waals surface area contributed by atoms with Crippen molar-refractivity contribution in [3.63, 3.8) is 0 Å². The average molecular weight is 447 g/mol. The zero-order valence-corrected chi connectivity index (χ0v) is 21.4. The van der Waals surface area contributed by atoms with Crippen molar-refractivity contribution in [1.82, 2.24) is 0 Å². The minimum atomic E-state index is -1.12. The summed E-state index contributed by atoms with van der Waals surface area (Å²) in [6.45, 7) is 16.0. The molecule has 184 valence electrons. The van der Waals surface area contributed by atoms with Gasteiger partial charge in [-0.1, -0.05) is 39.8 Å². The van der Waals surface area contributed by atoms with Crippen molar-refractivity contribution in [3.05, 3.63) is 12.2 Å². The molecule has 3 unspecified atom stereocenters. The van der Waals surface area contributed by atoms with Crippen LogP contribution in [0, 0.1) is 46.3 Å². The maximum Gasteiger partial charge on any atom is 0.0985 e. The first kappa shape index (κ1) is 24.7. The van der Waals surface area contributed by atoms with E-state index in [1.165, 1.54) is 50.5 Å². The number of fused-ring (bicyclic) bond motifs is 5. The molecule has 0 radical (unpaired) electrons. The van der Waals surface area contributed by atoms with Gasteiger partial charge < -0.3 is 15.3 Å². The highest BCUT2D eigenvalue weighted by atomic mass is 16.3. The summed E-state index contributed by atoms with van der Waals surface area (Å²) in [7, 11) is 0. The maximum atomic E-state index is 11.6. The van der Waals surface area contributed by atoms with Crippen molar-refractivity contribution in [2.45, 2.75) is 123 Å². The van der Waals surface area contributed by atoms with Gasteiger partial charge >= 0.3 is 0 Å². The lowest BCUT2D eigenvalue weighted by molar-refractivity contribution is -0.264. The topological polar surface area (TPSA) is 60.7 Å². The van der Waals surface area contributed by atoms with Crippen molar-refractivity contribution < 1.29 is 15.3 Å². The Labute approximate surface area is 197 Å². The van der Waals surface area contributed by atoms with E-state index in [0.29, 0.717) is 35.5 Å². The van der Waals surface area contributed by atoms with Crippen LogP contribution in [0.3, 0.4) is 0 Å². The van der Waals surface area contributed by atoms with Gasteiger partial charge in [0.25, 0.3) is 0 Å². The summed E-state index contributed by atoms with van der Waals surface area (Å²) < 4.78 is 0.